The predicted octanol–water partition coefficient (Wildman–Crippen LogP) is 5.25. The molecule has 8 nitrogen and oxygen atoms in total. The number of rotatable bonds is 6. The van der Waals surface area contributed by atoms with Gasteiger partial charge in [0.1, 0.15) is 29.8 Å². The van der Waals surface area contributed by atoms with Gasteiger partial charge in [0.15, 0.2) is 16.9 Å². The fourth-order valence-corrected chi connectivity index (χ4v) is 3.96. The van der Waals surface area contributed by atoms with Crippen molar-refractivity contribution in [1.29, 1.82) is 0 Å². The van der Waals surface area contributed by atoms with Gasteiger partial charge in [0, 0.05) is 11.1 Å². The van der Waals surface area contributed by atoms with Gasteiger partial charge < -0.3 is 24.2 Å². The van der Waals surface area contributed by atoms with E-state index in [2.05, 4.69) is 29.0 Å². The van der Waals surface area contributed by atoms with Crippen LogP contribution in [-0.2, 0) is 4.79 Å². The summed E-state index contributed by atoms with van der Waals surface area (Å²) in [5.41, 5.74) is 6.48. The number of fused-ring (bicyclic) bond motifs is 2. The van der Waals surface area contributed by atoms with Crippen LogP contribution in [0.4, 0.5) is 0 Å². The fraction of sp³-hybridized carbons (Fsp3) is 0.129. The summed E-state index contributed by atoms with van der Waals surface area (Å²) in [6.45, 7) is 1.25. The largest absolute Gasteiger partial charge is 0.436 e. The molecule has 0 radical (unpaired) electrons. The van der Waals surface area contributed by atoms with Gasteiger partial charge in [-0.1, -0.05) is 54.1 Å². The van der Waals surface area contributed by atoms with Gasteiger partial charge in [0.2, 0.25) is 11.8 Å². The average molecular weight is 523 g/mol. The van der Waals surface area contributed by atoms with E-state index < -0.39 is 24.6 Å². The minimum Gasteiger partial charge on any atom is -0.436 e. The molecule has 2 unspecified atom stereocenters. The molecule has 2 atom stereocenters. The molecule has 0 bridgehead atoms. The Morgan fingerprint density at radius 3 is 1.64 bits per heavy atom. The lowest BCUT2D eigenvalue weighted by atomic mass is 10.0. The number of aryl methyl sites for hydroxylation is 1. The number of nitrogens with zero attached hydrogens (tertiary/aromatic N) is 2. The van der Waals surface area contributed by atoms with Crippen LogP contribution in [-0.4, -0.2) is 43.8 Å². The van der Waals surface area contributed by atoms with Crippen molar-refractivity contribution in [1.82, 2.24) is 9.97 Å². The molecule has 6 rings (SSSR count). The second kappa shape index (κ2) is 11.4. The minimum absolute atomic E-state index is 0.360. The van der Waals surface area contributed by atoms with Crippen LogP contribution >= 0.6 is 0 Å². The molecule has 196 valence electrons. The third-order valence-corrected chi connectivity index (χ3v) is 6.17. The highest BCUT2D eigenvalue weighted by Gasteiger charge is 2.25. The van der Waals surface area contributed by atoms with Crippen molar-refractivity contribution in [3.63, 3.8) is 0 Å². The normalized spacial score (nSPS) is 12.6. The van der Waals surface area contributed by atoms with Crippen LogP contribution in [0.15, 0.2) is 106 Å². The van der Waals surface area contributed by atoms with Gasteiger partial charge in [-0.2, -0.15) is 0 Å². The number of para-hydroxylation sites is 4. The lowest BCUT2D eigenvalue weighted by Crippen LogP contribution is -2.30. The molecule has 0 spiro atoms. The Balaban J connectivity index is 0.000000168. The van der Waals surface area contributed by atoms with Crippen molar-refractivity contribution in [2.75, 3.05) is 6.61 Å². The maximum Gasteiger partial charge on any atom is 0.227 e. The van der Waals surface area contributed by atoms with E-state index in [1.165, 1.54) is 5.56 Å². The number of aromatic nitrogens is 2. The molecular formula is C31H26N2O6. The van der Waals surface area contributed by atoms with E-state index in [-0.39, 0.29) is 0 Å². The van der Waals surface area contributed by atoms with Crippen LogP contribution in [0.1, 0.15) is 17.2 Å². The van der Waals surface area contributed by atoms with E-state index >= 15 is 0 Å². The second-order valence-corrected chi connectivity index (χ2v) is 8.98. The third-order valence-electron chi connectivity index (χ3n) is 6.17. The second-order valence-electron chi connectivity index (χ2n) is 8.98. The van der Waals surface area contributed by atoms with Crippen molar-refractivity contribution in [2.45, 2.75) is 19.1 Å². The van der Waals surface area contributed by atoms with Gasteiger partial charge in [-0.05, 0) is 61.0 Å². The number of Topliss-reactive ketones (excluding diaryl/α,β-unsaturated/α-hetero) is 1. The van der Waals surface area contributed by atoms with Gasteiger partial charge in [-0.25, -0.2) is 9.97 Å². The first-order valence-electron chi connectivity index (χ1n) is 12.3. The van der Waals surface area contributed by atoms with Crippen molar-refractivity contribution in [2.24, 2.45) is 0 Å². The zero-order chi connectivity index (χ0) is 27.4. The van der Waals surface area contributed by atoms with Crippen LogP contribution < -0.4 is 0 Å². The first kappa shape index (κ1) is 26.0. The Hall–Kier alpha value is -4.63. The number of aliphatic hydroxyl groups excluding tert-OH is 3. The highest BCUT2D eigenvalue weighted by atomic mass is 16.4. The standard InChI is InChI=1S/C17H15NO5.C14H11NO/c19-9-13(20)16(22)15(21)10-5-7-11(8-6-10)17-18-12-3-1-2-4-14(12)23-17;1-10-6-8-11(9-7-10)14-15-12-4-2-3-5-13(12)16-14/h1-8,15-16,19,21-22H,9H2;2-9H,1H3. The lowest BCUT2D eigenvalue weighted by Gasteiger charge is -2.16. The molecule has 2 heterocycles. The van der Waals surface area contributed by atoms with Gasteiger partial charge in [-0.3, -0.25) is 4.79 Å². The summed E-state index contributed by atoms with van der Waals surface area (Å²) >= 11 is 0. The summed E-state index contributed by atoms with van der Waals surface area (Å²) < 4.78 is 11.3. The number of carbonyl (C=O) groups excluding carboxylic acids is 1. The van der Waals surface area contributed by atoms with Gasteiger partial charge in [0.05, 0.1) is 0 Å². The summed E-state index contributed by atoms with van der Waals surface area (Å²) in [5.74, 6) is 0.293. The Labute approximate surface area is 223 Å². The first-order chi connectivity index (χ1) is 18.9. The van der Waals surface area contributed by atoms with Crippen LogP contribution in [0.2, 0.25) is 0 Å². The zero-order valence-electron chi connectivity index (χ0n) is 21.1. The molecule has 39 heavy (non-hydrogen) atoms. The Morgan fingerprint density at radius 1 is 0.718 bits per heavy atom. The Kier molecular flexibility index (Phi) is 7.60. The maximum atomic E-state index is 11.2. The number of aliphatic hydroxyl groups is 3. The van der Waals surface area contributed by atoms with Gasteiger partial charge in [0.25, 0.3) is 0 Å². The molecule has 8 heteroatoms. The quantitative estimate of drug-likeness (QED) is 0.270. The molecule has 0 saturated carbocycles. The molecule has 0 amide bonds. The molecule has 4 aromatic carbocycles. The summed E-state index contributed by atoms with van der Waals surface area (Å²) in [5, 5.41) is 28.3. The summed E-state index contributed by atoms with van der Waals surface area (Å²) in [6, 6.07) is 29.9. The average Bonchev–Trinajstić information content (AvgIpc) is 3.61. The van der Waals surface area contributed by atoms with Crippen molar-refractivity contribution < 1.29 is 28.9 Å². The van der Waals surface area contributed by atoms with E-state index in [9.17, 15) is 15.0 Å². The van der Waals surface area contributed by atoms with E-state index in [1.807, 2.05) is 60.7 Å². The molecule has 3 N–H and O–H groups in total. The summed E-state index contributed by atoms with van der Waals surface area (Å²) in [6.07, 6.45) is -3.05. The maximum absolute atomic E-state index is 11.2. The van der Waals surface area contributed by atoms with Crippen molar-refractivity contribution in [3.8, 4) is 22.9 Å². The van der Waals surface area contributed by atoms with Crippen LogP contribution in [0.25, 0.3) is 45.1 Å². The van der Waals surface area contributed by atoms with Crippen molar-refractivity contribution in [3.05, 3.63) is 108 Å². The van der Waals surface area contributed by atoms with Crippen molar-refractivity contribution >= 4 is 28.0 Å². The predicted molar refractivity (Wildman–Crippen MR) is 147 cm³/mol. The number of carbonyl (C=O) groups is 1. The van der Waals surface area contributed by atoms with E-state index in [0.717, 1.165) is 22.2 Å². The third kappa shape index (κ3) is 5.78. The topological polar surface area (TPSA) is 130 Å². The number of hydrogen-bond donors (Lipinski definition) is 3. The SMILES string of the molecule is Cc1ccc(-c2nc3ccccc3o2)cc1.O=C(CO)C(O)C(O)c1ccc(-c2nc3ccccc3o2)cc1. The zero-order valence-corrected chi connectivity index (χ0v) is 21.1. The molecule has 6 aromatic rings. The minimum atomic E-state index is -1.66. The van der Waals surface area contributed by atoms with Crippen LogP contribution in [0.3, 0.4) is 0 Å². The summed E-state index contributed by atoms with van der Waals surface area (Å²) in [7, 11) is 0. The van der Waals surface area contributed by atoms with Gasteiger partial charge >= 0.3 is 0 Å². The molecule has 0 fully saturated rings. The number of hydrogen-bond acceptors (Lipinski definition) is 8. The van der Waals surface area contributed by atoms with E-state index in [4.69, 9.17) is 13.9 Å². The fourth-order valence-electron chi connectivity index (χ4n) is 3.96. The molecule has 0 aliphatic heterocycles. The molecule has 0 saturated heterocycles. The Bertz CT molecular complexity index is 1640. The molecule has 0 aliphatic carbocycles. The monoisotopic (exact) mass is 522 g/mol. The van der Waals surface area contributed by atoms with Crippen LogP contribution in [0.5, 0.6) is 0 Å². The first-order valence-corrected chi connectivity index (χ1v) is 12.3. The number of oxazole rings is 2. The van der Waals surface area contributed by atoms with E-state index in [0.29, 0.717) is 28.5 Å². The molecular weight excluding hydrogens is 496 g/mol. The number of ketones is 1. The van der Waals surface area contributed by atoms with E-state index in [1.54, 1.807) is 24.3 Å². The highest BCUT2D eigenvalue weighted by molar-refractivity contribution is 5.84. The highest BCUT2D eigenvalue weighted by Crippen LogP contribution is 2.27. The summed E-state index contributed by atoms with van der Waals surface area (Å²) in [4.78, 5) is 20.0. The molecule has 0 aliphatic rings. The van der Waals surface area contributed by atoms with Crippen LogP contribution in [0, 0.1) is 6.92 Å². The molecule has 2 aromatic heterocycles. The Morgan fingerprint density at radius 2 is 1.18 bits per heavy atom. The lowest BCUT2D eigenvalue weighted by molar-refractivity contribution is -0.135. The smallest absolute Gasteiger partial charge is 0.227 e. The van der Waals surface area contributed by atoms with Gasteiger partial charge in [-0.15, -0.1) is 0 Å². The number of benzene rings is 4.